The fourth-order valence-electron chi connectivity index (χ4n) is 4.42. The van der Waals surface area contributed by atoms with E-state index in [1.54, 1.807) is 18.4 Å². The number of hydrogen-bond acceptors (Lipinski definition) is 6. The second kappa shape index (κ2) is 9.03. The Labute approximate surface area is 206 Å². The summed E-state index contributed by atoms with van der Waals surface area (Å²) in [5.41, 5.74) is 4.55. The van der Waals surface area contributed by atoms with Crippen LogP contribution in [0.5, 0.6) is 0 Å². The molecule has 35 heavy (non-hydrogen) atoms. The fourth-order valence-corrected chi connectivity index (χ4v) is 5.45. The first-order valence-electron chi connectivity index (χ1n) is 11.4. The molecule has 1 atom stereocenters. The molecule has 4 aromatic rings. The summed E-state index contributed by atoms with van der Waals surface area (Å²) in [6.07, 6.45) is 3.79. The number of para-hydroxylation sites is 1. The van der Waals surface area contributed by atoms with E-state index >= 15 is 0 Å². The number of H-pyrrole nitrogens is 1. The van der Waals surface area contributed by atoms with E-state index < -0.39 is 12.0 Å². The van der Waals surface area contributed by atoms with Crippen molar-refractivity contribution in [1.82, 2.24) is 9.55 Å². The van der Waals surface area contributed by atoms with E-state index in [2.05, 4.69) is 9.98 Å². The van der Waals surface area contributed by atoms with Crippen molar-refractivity contribution in [3.05, 3.63) is 96.8 Å². The van der Waals surface area contributed by atoms with Crippen LogP contribution in [0.4, 0.5) is 5.69 Å². The molecular weight excluding hydrogens is 460 g/mol. The SMILES string of the molecule is CCOC(=O)C1=C(C)N=c2s/c(=C\c3c[nH]c4ccccc34)c(=O)n2[C@@H]1c1ccc(N(C)C)cc1. The first-order chi connectivity index (χ1) is 16.9. The van der Waals surface area contributed by atoms with Gasteiger partial charge in [0.1, 0.15) is 0 Å². The van der Waals surface area contributed by atoms with Crippen LogP contribution in [0.1, 0.15) is 31.0 Å². The van der Waals surface area contributed by atoms with E-state index in [9.17, 15) is 9.59 Å². The highest BCUT2D eigenvalue weighted by atomic mass is 32.1. The minimum Gasteiger partial charge on any atom is -0.463 e. The minimum atomic E-state index is -0.619. The molecule has 0 fully saturated rings. The van der Waals surface area contributed by atoms with Crippen LogP contribution in [0.15, 0.2) is 75.8 Å². The van der Waals surface area contributed by atoms with Crippen molar-refractivity contribution in [2.45, 2.75) is 19.9 Å². The van der Waals surface area contributed by atoms with E-state index in [-0.39, 0.29) is 12.2 Å². The molecule has 1 N–H and O–H groups in total. The number of aromatic amines is 1. The molecule has 8 heteroatoms. The zero-order chi connectivity index (χ0) is 24.7. The number of carbonyl (C=O) groups is 1. The van der Waals surface area contributed by atoms with Crippen molar-refractivity contribution in [3.63, 3.8) is 0 Å². The minimum absolute atomic E-state index is 0.185. The predicted octanol–water partition coefficient (Wildman–Crippen LogP) is 3.35. The van der Waals surface area contributed by atoms with E-state index in [0.717, 1.165) is 27.7 Å². The number of fused-ring (bicyclic) bond motifs is 2. The monoisotopic (exact) mass is 486 g/mol. The lowest BCUT2D eigenvalue weighted by molar-refractivity contribution is -0.139. The number of benzene rings is 2. The van der Waals surface area contributed by atoms with Gasteiger partial charge >= 0.3 is 5.97 Å². The van der Waals surface area contributed by atoms with E-state index in [1.807, 2.05) is 79.8 Å². The van der Waals surface area contributed by atoms with Crippen molar-refractivity contribution in [2.75, 3.05) is 25.6 Å². The number of ether oxygens (including phenoxy) is 1. The number of nitrogens with zero attached hydrogens (tertiary/aromatic N) is 3. The topological polar surface area (TPSA) is 79.7 Å². The lowest BCUT2D eigenvalue weighted by Gasteiger charge is -2.25. The first kappa shape index (κ1) is 22.9. The molecule has 3 heterocycles. The van der Waals surface area contributed by atoms with Crippen molar-refractivity contribution >= 4 is 40.0 Å². The molecule has 0 radical (unpaired) electrons. The molecule has 0 spiro atoms. The smallest absolute Gasteiger partial charge is 0.338 e. The summed E-state index contributed by atoms with van der Waals surface area (Å²) in [4.78, 5) is 37.2. The maximum Gasteiger partial charge on any atom is 0.338 e. The van der Waals surface area contributed by atoms with Crippen molar-refractivity contribution < 1.29 is 9.53 Å². The molecule has 7 nitrogen and oxygen atoms in total. The Morgan fingerprint density at radius 3 is 2.66 bits per heavy atom. The van der Waals surface area contributed by atoms with Gasteiger partial charge in [0.15, 0.2) is 4.80 Å². The molecule has 0 unspecified atom stereocenters. The Balaban J connectivity index is 1.72. The maximum absolute atomic E-state index is 13.8. The zero-order valence-corrected chi connectivity index (χ0v) is 20.8. The standard InChI is InChI=1S/C27H26N4O3S/c1-5-34-26(33)23-16(2)29-27-31(24(23)17-10-12-19(13-11-17)30(3)4)25(32)22(35-27)14-18-15-28-21-9-7-6-8-20(18)21/h6-15,24,28H,5H2,1-4H3/b22-14-/t24-/m1/s1. The van der Waals surface area contributed by atoms with Crippen LogP contribution >= 0.6 is 11.3 Å². The second-order valence-corrected chi connectivity index (χ2v) is 9.59. The number of hydrogen-bond donors (Lipinski definition) is 1. The summed E-state index contributed by atoms with van der Waals surface area (Å²) in [6.45, 7) is 3.81. The molecule has 2 aromatic carbocycles. The average molecular weight is 487 g/mol. The van der Waals surface area contributed by atoms with Gasteiger partial charge in [0.05, 0.1) is 28.5 Å². The van der Waals surface area contributed by atoms with Gasteiger partial charge < -0.3 is 14.6 Å². The summed E-state index contributed by atoms with van der Waals surface area (Å²) in [5.74, 6) is -0.457. The molecule has 5 rings (SSSR count). The number of nitrogens with one attached hydrogen (secondary N) is 1. The third-order valence-electron chi connectivity index (χ3n) is 6.15. The van der Waals surface area contributed by atoms with Crippen LogP contribution in [-0.4, -0.2) is 36.2 Å². The molecule has 0 bridgehead atoms. The predicted molar refractivity (Wildman–Crippen MR) is 139 cm³/mol. The van der Waals surface area contributed by atoms with Gasteiger partial charge in [-0.05, 0) is 43.7 Å². The van der Waals surface area contributed by atoms with Crippen molar-refractivity contribution in [1.29, 1.82) is 0 Å². The lowest BCUT2D eigenvalue weighted by Crippen LogP contribution is -2.39. The third kappa shape index (κ3) is 4.00. The Kier molecular flexibility index (Phi) is 5.90. The fraction of sp³-hybridized carbons (Fsp3) is 0.222. The number of allylic oxidation sites excluding steroid dienone is 1. The summed E-state index contributed by atoms with van der Waals surface area (Å²) >= 11 is 1.33. The van der Waals surface area contributed by atoms with Crippen LogP contribution in [0, 0.1) is 0 Å². The highest BCUT2D eigenvalue weighted by Gasteiger charge is 2.33. The van der Waals surface area contributed by atoms with Gasteiger partial charge in [-0.1, -0.05) is 41.7 Å². The van der Waals surface area contributed by atoms with E-state index in [1.165, 1.54) is 11.3 Å². The van der Waals surface area contributed by atoms with Crippen molar-refractivity contribution in [3.8, 4) is 0 Å². The Morgan fingerprint density at radius 1 is 1.20 bits per heavy atom. The molecule has 2 aromatic heterocycles. The number of thiazole rings is 1. The summed E-state index contributed by atoms with van der Waals surface area (Å²) in [6, 6.07) is 15.2. The van der Waals surface area contributed by atoms with Gasteiger partial charge in [-0.25, -0.2) is 9.79 Å². The number of esters is 1. The lowest BCUT2D eigenvalue weighted by atomic mass is 9.95. The quantitative estimate of drug-likeness (QED) is 0.439. The largest absolute Gasteiger partial charge is 0.463 e. The average Bonchev–Trinajstić information content (AvgIpc) is 3.39. The molecule has 0 saturated heterocycles. The van der Waals surface area contributed by atoms with Gasteiger partial charge in [0.2, 0.25) is 0 Å². The van der Waals surface area contributed by atoms with Gasteiger partial charge in [0, 0.05) is 42.4 Å². The second-order valence-electron chi connectivity index (χ2n) is 8.58. The number of anilines is 1. The molecule has 178 valence electrons. The Morgan fingerprint density at radius 2 is 1.94 bits per heavy atom. The van der Waals surface area contributed by atoms with Gasteiger partial charge in [-0.2, -0.15) is 0 Å². The Hall–Kier alpha value is -3.91. The van der Waals surface area contributed by atoms with Crippen LogP contribution in [0.25, 0.3) is 17.0 Å². The molecule has 1 aliphatic heterocycles. The van der Waals surface area contributed by atoms with Gasteiger partial charge in [0.25, 0.3) is 5.56 Å². The van der Waals surface area contributed by atoms with Gasteiger partial charge in [-0.3, -0.25) is 9.36 Å². The highest BCUT2D eigenvalue weighted by molar-refractivity contribution is 7.07. The van der Waals surface area contributed by atoms with Gasteiger partial charge in [-0.15, -0.1) is 0 Å². The number of aromatic nitrogens is 2. The molecule has 0 aliphatic carbocycles. The molecule has 0 saturated carbocycles. The molecule has 1 aliphatic rings. The van der Waals surface area contributed by atoms with Crippen LogP contribution < -0.4 is 19.8 Å². The number of carbonyl (C=O) groups excluding carboxylic acids is 1. The van der Waals surface area contributed by atoms with Crippen LogP contribution in [0.3, 0.4) is 0 Å². The normalized spacial score (nSPS) is 15.8. The van der Waals surface area contributed by atoms with Crippen LogP contribution in [-0.2, 0) is 9.53 Å². The van der Waals surface area contributed by atoms with Crippen LogP contribution in [0.2, 0.25) is 0 Å². The van der Waals surface area contributed by atoms with Crippen molar-refractivity contribution in [2.24, 2.45) is 4.99 Å². The maximum atomic E-state index is 13.8. The number of rotatable bonds is 5. The Bertz CT molecular complexity index is 1640. The first-order valence-corrected chi connectivity index (χ1v) is 12.2. The summed E-state index contributed by atoms with van der Waals surface area (Å²) in [5, 5.41) is 1.04. The molecular formula is C27H26N4O3S. The molecule has 0 amide bonds. The summed E-state index contributed by atoms with van der Waals surface area (Å²) in [7, 11) is 3.94. The highest BCUT2D eigenvalue weighted by Crippen LogP contribution is 2.31. The zero-order valence-electron chi connectivity index (χ0n) is 20.0. The van der Waals surface area contributed by atoms with E-state index in [0.29, 0.717) is 20.6 Å². The third-order valence-corrected chi connectivity index (χ3v) is 7.13. The summed E-state index contributed by atoms with van der Waals surface area (Å²) < 4.78 is 7.55. The van der Waals surface area contributed by atoms with E-state index in [4.69, 9.17) is 4.74 Å².